The van der Waals surface area contributed by atoms with Gasteiger partial charge < -0.3 is 9.30 Å². The van der Waals surface area contributed by atoms with E-state index in [1.807, 2.05) is 57.2 Å². The van der Waals surface area contributed by atoms with Crippen molar-refractivity contribution in [3.8, 4) is 0 Å². The van der Waals surface area contributed by atoms with E-state index < -0.39 is 12.7 Å². The number of rotatable bonds is 3. The van der Waals surface area contributed by atoms with Gasteiger partial charge in [0.25, 0.3) is 0 Å². The van der Waals surface area contributed by atoms with E-state index in [9.17, 15) is 4.79 Å². The van der Waals surface area contributed by atoms with Crippen molar-refractivity contribution < 1.29 is 14.1 Å². The first kappa shape index (κ1) is 22.9. The monoisotopic (exact) mass is 451 g/mol. The highest BCUT2D eigenvalue weighted by atomic mass is 31.2. The molecule has 5 heteroatoms. The molecule has 32 heavy (non-hydrogen) atoms. The summed E-state index contributed by atoms with van der Waals surface area (Å²) < 4.78 is 21.1. The molecule has 0 aromatic heterocycles. The molecule has 0 radical (unpaired) electrons. The fourth-order valence-corrected chi connectivity index (χ4v) is 9.41. The van der Waals surface area contributed by atoms with Crippen LogP contribution in [-0.2, 0) is 9.30 Å². The van der Waals surface area contributed by atoms with E-state index in [1.165, 1.54) is 0 Å². The third-order valence-electron chi connectivity index (χ3n) is 6.42. The Hall–Kier alpha value is -2.32. The minimum absolute atomic E-state index is 0.0943. The lowest BCUT2D eigenvalue weighted by molar-refractivity contribution is 0.0326. The number of nitrogens with zero attached hydrogens (tertiary/aromatic N) is 1. The van der Waals surface area contributed by atoms with Crippen LogP contribution in [0.1, 0.15) is 75.3 Å². The highest BCUT2D eigenvalue weighted by Crippen LogP contribution is 2.81. The average Bonchev–Trinajstić information content (AvgIpc) is 2.94. The van der Waals surface area contributed by atoms with Crippen molar-refractivity contribution in [1.29, 1.82) is 0 Å². The quantitative estimate of drug-likeness (QED) is 0.446. The van der Waals surface area contributed by atoms with Gasteiger partial charge in [-0.05, 0) is 64.0 Å². The summed E-state index contributed by atoms with van der Waals surface area (Å²) in [5.74, 6) is 0. The second-order valence-corrected chi connectivity index (χ2v) is 13.0. The smallest absolute Gasteiger partial charge is 0.414 e. The summed E-state index contributed by atoms with van der Waals surface area (Å²) in [4.78, 5) is 15.0. The van der Waals surface area contributed by atoms with Crippen LogP contribution in [0.25, 0.3) is 0 Å². The van der Waals surface area contributed by atoms with Crippen LogP contribution in [0.4, 0.5) is 4.79 Å². The lowest BCUT2D eigenvalue weighted by Crippen LogP contribution is -2.37. The molecule has 2 aromatic carbocycles. The zero-order valence-electron chi connectivity index (χ0n) is 19.4. The second-order valence-electron chi connectivity index (χ2n) is 9.83. The Bertz CT molecular complexity index is 959. The molecule has 0 bridgehead atoms. The predicted octanol–water partition coefficient (Wildman–Crippen LogP) is 7.89. The Morgan fingerprint density at radius 1 is 0.906 bits per heavy atom. The number of ether oxygens (including phenoxy) is 1. The zero-order chi connectivity index (χ0) is 22.8. The summed E-state index contributed by atoms with van der Waals surface area (Å²) >= 11 is 0. The molecule has 0 aliphatic carbocycles. The van der Waals surface area contributed by atoms with E-state index in [-0.39, 0.29) is 17.4 Å². The molecule has 4 rings (SSSR count). The van der Waals surface area contributed by atoms with Crippen molar-refractivity contribution in [3.05, 3.63) is 83.3 Å². The van der Waals surface area contributed by atoms with Crippen LogP contribution in [0.5, 0.6) is 0 Å². The molecular weight excluding hydrogens is 417 g/mol. The lowest BCUT2D eigenvalue weighted by atomic mass is 10.0. The molecule has 1 amide bonds. The molecule has 0 spiro atoms. The van der Waals surface area contributed by atoms with Gasteiger partial charge in [0, 0.05) is 17.9 Å². The van der Waals surface area contributed by atoms with Crippen molar-refractivity contribution in [2.45, 2.75) is 69.8 Å². The minimum Gasteiger partial charge on any atom is -0.443 e. The van der Waals surface area contributed by atoms with E-state index in [0.717, 1.165) is 43.2 Å². The Kier molecular flexibility index (Phi) is 6.62. The first-order valence-electron chi connectivity index (χ1n) is 11.7. The normalized spacial score (nSPS) is 23.3. The van der Waals surface area contributed by atoms with Gasteiger partial charge in [-0.1, -0.05) is 66.7 Å². The largest absolute Gasteiger partial charge is 0.443 e. The van der Waals surface area contributed by atoms with Gasteiger partial charge in [0.15, 0.2) is 0 Å². The van der Waals surface area contributed by atoms with E-state index in [4.69, 9.17) is 4.74 Å². The number of hydrogen-bond donors (Lipinski definition) is 0. The first-order valence-corrected chi connectivity index (χ1v) is 13.6. The Balaban J connectivity index is 1.83. The topological polar surface area (TPSA) is 46.6 Å². The fourth-order valence-electron chi connectivity index (χ4n) is 5.07. The molecule has 0 N–H and O–H groups in total. The van der Waals surface area contributed by atoms with Crippen molar-refractivity contribution in [2.24, 2.45) is 0 Å². The first-order chi connectivity index (χ1) is 15.3. The molecule has 2 atom stereocenters. The molecule has 1 saturated heterocycles. The second kappa shape index (κ2) is 9.27. The van der Waals surface area contributed by atoms with Crippen LogP contribution >= 0.6 is 7.14 Å². The van der Waals surface area contributed by atoms with Gasteiger partial charge in [-0.2, -0.15) is 0 Å². The predicted molar refractivity (Wildman–Crippen MR) is 130 cm³/mol. The van der Waals surface area contributed by atoms with Crippen LogP contribution in [0, 0.1) is 0 Å². The van der Waals surface area contributed by atoms with Crippen LogP contribution in [0.2, 0.25) is 0 Å². The molecule has 0 unspecified atom stereocenters. The highest BCUT2D eigenvalue weighted by molar-refractivity contribution is 7.69. The maximum atomic E-state index is 15.3. The van der Waals surface area contributed by atoms with Crippen LogP contribution in [0.3, 0.4) is 0 Å². The van der Waals surface area contributed by atoms with Gasteiger partial charge in [0.05, 0.1) is 5.44 Å². The molecule has 4 nitrogen and oxygen atoms in total. The number of allylic oxidation sites excluding steroid dienone is 1. The van der Waals surface area contributed by atoms with E-state index in [1.54, 1.807) is 4.90 Å². The summed E-state index contributed by atoms with van der Waals surface area (Å²) in [7, 11) is -3.03. The molecule has 2 aromatic rings. The summed E-state index contributed by atoms with van der Waals surface area (Å²) in [6.07, 6.45) is 6.09. The standard InChI is InChI=1S/C27H34NO3P/c1-27(2,3)31-26(29)28-20-12-6-11-17-25(28)32(30)23(21-13-7-4-8-14-21)18-19-24(32)22-15-9-5-10-16-22/h4-5,7-10,13-17,23-24H,6,11-12,18-20H2,1-3H3/t23-,24-/m0/s1. The van der Waals surface area contributed by atoms with Crippen LogP contribution in [-0.4, -0.2) is 23.1 Å². The van der Waals surface area contributed by atoms with Crippen molar-refractivity contribution in [3.63, 3.8) is 0 Å². The maximum Gasteiger partial charge on any atom is 0.414 e. The van der Waals surface area contributed by atoms with E-state index in [2.05, 4.69) is 30.3 Å². The average molecular weight is 452 g/mol. The molecule has 0 saturated carbocycles. The Morgan fingerprint density at radius 2 is 1.44 bits per heavy atom. The number of amides is 1. The van der Waals surface area contributed by atoms with Gasteiger partial charge in [-0.15, -0.1) is 0 Å². The fraction of sp³-hybridized carbons (Fsp3) is 0.444. The lowest BCUT2D eigenvalue weighted by Gasteiger charge is -2.35. The van der Waals surface area contributed by atoms with Crippen LogP contribution in [0.15, 0.2) is 72.2 Å². The summed E-state index contributed by atoms with van der Waals surface area (Å²) in [6.45, 7) is 6.18. The van der Waals surface area contributed by atoms with Crippen molar-refractivity contribution >= 4 is 13.2 Å². The van der Waals surface area contributed by atoms with Crippen LogP contribution < -0.4 is 0 Å². The van der Waals surface area contributed by atoms with Gasteiger partial charge in [-0.3, -0.25) is 4.90 Å². The number of benzene rings is 2. The summed E-state index contributed by atoms with van der Waals surface area (Å²) in [5, 5.41) is 0. The van der Waals surface area contributed by atoms with Crippen molar-refractivity contribution in [2.75, 3.05) is 6.54 Å². The van der Waals surface area contributed by atoms with Gasteiger partial charge in [0.2, 0.25) is 0 Å². The molecule has 2 heterocycles. The molecule has 170 valence electrons. The van der Waals surface area contributed by atoms with Gasteiger partial charge in [0.1, 0.15) is 12.7 Å². The molecular formula is C27H34NO3P. The SMILES string of the molecule is CC(C)(C)OC(=O)N1CCCCC=C1P1(=O)[C@H](c2ccccc2)CC[C@H]1c1ccccc1. The highest BCUT2D eigenvalue weighted by Gasteiger charge is 2.52. The number of hydrogen-bond acceptors (Lipinski definition) is 3. The Labute approximate surface area is 192 Å². The molecule has 1 fully saturated rings. The van der Waals surface area contributed by atoms with E-state index >= 15 is 4.57 Å². The Morgan fingerprint density at radius 3 is 1.94 bits per heavy atom. The number of carbonyl (C=O) groups excluding carboxylic acids is 1. The summed E-state index contributed by atoms with van der Waals surface area (Å²) in [6, 6.07) is 20.4. The maximum absolute atomic E-state index is 15.3. The summed E-state index contributed by atoms with van der Waals surface area (Å²) in [5.41, 5.74) is 2.12. The third-order valence-corrected chi connectivity index (χ3v) is 10.5. The van der Waals surface area contributed by atoms with Gasteiger partial charge >= 0.3 is 6.09 Å². The number of carbonyl (C=O) groups is 1. The zero-order valence-corrected chi connectivity index (χ0v) is 20.3. The van der Waals surface area contributed by atoms with Gasteiger partial charge in [-0.25, -0.2) is 4.79 Å². The minimum atomic E-state index is -3.03. The molecule has 2 aliphatic rings. The van der Waals surface area contributed by atoms with E-state index in [0.29, 0.717) is 12.0 Å². The molecule has 2 aliphatic heterocycles. The van der Waals surface area contributed by atoms with Crippen molar-refractivity contribution in [1.82, 2.24) is 4.90 Å². The third kappa shape index (κ3) is 4.57.